The number of methoxy groups -OCH3 is 1. The molecule has 0 aliphatic carbocycles. The number of phenols is 1. The van der Waals surface area contributed by atoms with Gasteiger partial charge in [-0.25, -0.2) is 13.8 Å². The predicted molar refractivity (Wildman–Crippen MR) is 97.5 cm³/mol. The average molecular weight is 363 g/mol. The summed E-state index contributed by atoms with van der Waals surface area (Å²) in [7, 11) is 1.50. The van der Waals surface area contributed by atoms with Gasteiger partial charge in [0.25, 0.3) is 0 Å². The van der Waals surface area contributed by atoms with Crippen LogP contribution in [0.1, 0.15) is 18.1 Å². The van der Waals surface area contributed by atoms with Gasteiger partial charge in [0.1, 0.15) is 11.6 Å². The van der Waals surface area contributed by atoms with Crippen LogP contribution in [0.25, 0.3) is 0 Å². The summed E-state index contributed by atoms with van der Waals surface area (Å²) in [5.74, 6) is 0.0270. The molecule has 0 saturated heterocycles. The van der Waals surface area contributed by atoms with Crippen molar-refractivity contribution in [2.75, 3.05) is 20.2 Å². The molecule has 2 aromatic carbocycles. The Morgan fingerprint density at radius 1 is 1.15 bits per heavy atom. The van der Waals surface area contributed by atoms with Crippen molar-refractivity contribution in [2.24, 2.45) is 4.99 Å². The van der Waals surface area contributed by atoms with E-state index in [1.807, 2.05) is 13.0 Å². The number of nitrogens with zero attached hydrogens (tertiary/aromatic N) is 1. The molecular formula is C19H23F2N3O2. The molecule has 0 aliphatic rings. The number of guanidine groups is 1. The lowest BCUT2D eigenvalue weighted by Crippen LogP contribution is -2.38. The van der Waals surface area contributed by atoms with E-state index in [4.69, 9.17) is 4.74 Å². The Labute approximate surface area is 151 Å². The number of nitrogens with one attached hydrogen (secondary N) is 2. The minimum absolute atomic E-state index is 0.0172. The Morgan fingerprint density at radius 3 is 2.69 bits per heavy atom. The normalized spacial score (nSPS) is 11.3. The topological polar surface area (TPSA) is 65.9 Å². The van der Waals surface area contributed by atoms with Crippen LogP contribution in [0.5, 0.6) is 11.5 Å². The van der Waals surface area contributed by atoms with Crippen LogP contribution in [0.15, 0.2) is 41.4 Å². The highest BCUT2D eigenvalue weighted by Crippen LogP contribution is 2.29. The van der Waals surface area contributed by atoms with E-state index in [9.17, 15) is 13.9 Å². The van der Waals surface area contributed by atoms with Crippen LogP contribution in [-0.4, -0.2) is 31.3 Å². The fourth-order valence-corrected chi connectivity index (χ4v) is 2.42. The van der Waals surface area contributed by atoms with E-state index in [0.717, 1.165) is 23.8 Å². The van der Waals surface area contributed by atoms with Crippen molar-refractivity contribution >= 4 is 5.96 Å². The number of aromatic hydroxyl groups is 1. The Balaban J connectivity index is 1.98. The number of ether oxygens (including phenoxy) is 1. The monoisotopic (exact) mass is 363 g/mol. The van der Waals surface area contributed by atoms with Crippen molar-refractivity contribution in [3.63, 3.8) is 0 Å². The lowest BCUT2D eigenvalue weighted by molar-refractivity contribution is 0.370. The first-order valence-electron chi connectivity index (χ1n) is 8.36. The van der Waals surface area contributed by atoms with Crippen LogP contribution in [0, 0.1) is 11.6 Å². The van der Waals surface area contributed by atoms with E-state index in [2.05, 4.69) is 15.6 Å². The summed E-state index contributed by atoms with van der Waals surface area (Å²) in [6.07, 6.45) is 0.543. The summed E-state index contributed by atoms with van der Waals surface area (Å²) in [6.45, 7) is 3.05. The molecule has 0 unspecified atom stereocenters. The summed E-state index contributed by atoms with van der Waals surface area (Å²) in [5, 5.41) is 16.2. The standard InChI is InChI=1S/C19H23F2N3O2/c1-3-22-19(24-12-14-11-15(20)7-8-16(14)21)23-10-9-13-5-4-6-17(26-2)18(13)25/h4-8,11,25H,3,9-10,12H2,1-2H3,(H2,22,23,24). The fourth-order valence-electron chi connectivity index (χ4n) is 2.42. The maximum absolute atomic E-state index is 13.7. The van der Waals surface area contributed by atoms with Crippen molar-refractivity contribution in [2.45, 2.75) is 19.9 Å². The van der Waals surface area contributed by atoms with Crippen molar-refractivity contribution < 1.29 is 18.6 Å². The zero-order valence-corrected chi connectivity index (χ0v) is 14.9. The Hall–Kier alpha value is -2.83. The van der Waals surface area contributed by atoms with E-state index < -0.39 is 11.6 Å². The van der Waals surface area contributed by atoms with Crippen molar-refractivity contribution in [3.8, 4) is 11.5 Å². The molecule has 3 N–H and O–H groups in total. The largest absolute Gasteiger partial charge is 0.504 e. The molecule has 26 heavy (non-hydrogen) atoms. The number of hydrogen-bond donors (Lipinski definition) is 3. The minimum Gasteiger partial charge on any atom is -0.504 e. The molecule has 2 rings (SSSR count). The Morgan fingerprint density at radius 2 is 1.96 bits per heavy atom. The highest BCUT2D eigenvalue weighted by Gasteiger charge is 2.08. The third-order valence-electron chi connectivity index (χ3n) is 3.75. The lowest BCUT2D eigenvalue weighted by Gasteiger charge is -2.13. The van der Waals surface area contributed by atoms with Gasteiger partial charge >= 0.3 is 0 Å². The SMILES string of the molecule is CCNC(=NCc1cc(F)ccc1F)NCCc1cccc(OC)c1O. The maximum atomic E-state index is 13.7. The molecule has 0 fully saturated rings. The molecule has 0 saturated carbocycles. The molecule has 0 spiro atoms. The Bertz CT molecular complexity index is 766. The van der Waals surface area contributed by atoms with Crippen molar-refractivity contribution in [3.05, 3.63) is 59.2 Å². The van der Waals surface area contributed by atoms with Crippen LogP contribution >= 0.6 is 0 Å². The highest BCUT2D eigenvalue weighted by molar-refractivity contribution is 5.79. The van der Waals surface area contributed by atoms with Crippen molar-refractivity contribution in [1.82, 2.24) is 10.6 Å². The van der Waals surface area contributed by atoms with Gasteiger partial charge in [-0.2, -0.15) is 0 Å². The summed E-state index contributed by atoms with van der Waals surface area (Å²) < 4.78 is 32.0. The average Bonchev–Trinajstić information content (AvgIpc) is 2.63. The maximum Gasteiger partial charge on any atom is 0.191 e. The molecule has 0 amide bonds. The first-order valence-corrected chi connectivity index (χ1v) is 8.36. The van der Waals surface area contributed by atoms with E-state index in [1.165, 1.54) is 7.11 Å². The summed E-state index contributed by atoms with van der Waals surface area (Å²) in [6, 6.07) is 8.60. The second-order valence-electron chi connectivity index (χ2n) is 5.58. The minimum atomic E-state index is -0.497. The fraction of sp³-hybridized carbons (Fsp3) is 0.316. The number of phenolic OH excluding ortho intramolecular Hbond substituents is 1. The van der Waals surface area contributed by atoms with Crippen LogP contribution in [-0.2, 0) is 13.0 Å². The van der Waals surface area contributed by atoms with Gasteiger partial charge in [0.05, 0.1) is 13.7 Å². The lowest BCUT2D eigenvalue weighted by atomic mass is 10.1. The molecule has 0 aliphatic heterocycles. The van der Waals surface area contributed by atoms with E-state index >= 15 is 0 Å². The third-order valence-corrected chi connectivity index (χ3v) is 3.75. The summed E-state index contributed by atoms with van der Waals surface area (Å²) in [5.41, 5.74) is 0.927. The number of hydrogen-bond acceptors (Lipinski definition) is 3. The quantitative estimate of drug-likeness (QED) is 0.523. The number of aliphatic imine (C=N–C) groups is 1. The number of halogens is 2. The highest BCUT2D eigenvalue weighted by atomic mass is 19.1. The second-order valence-corrected chi connectivity index (χ2v) is 5.58. The van der Waals surface area contributed by atoms with Gasteiger partial charge in [0.2, 0.25) is 0 Å². The number of rotatable bonds is 7. The van der Waals surface area contributed by atoms with Gasteiger partial charge in [-0.3, -0.25) is 0 Å². The Kier molecular flexibility index (Phi) is 7.20. The zero-order valence-electron chi connectivity index (χ0n) is 14.9. The molecule has 140 valence electrons. The van der Waals surface area contributed by atoms with Gasteiger partial charge < -0.3 is 20.5 Å². The molecule has 0 atom stereocenters. The molecule has 0 radical (unpaired) electrons. The van der Waals surface area contributed by atoms with Crippen LogP contribution < -0.4 is 15.4 Å². The van der Waals surface area contributed by atoms with Crippen LogP contribution in [0.2, 0.25) is 0 Å². The van der Waals surface area contributed by atoms with E-state index in [1.54, 1.807) is 12.1 Å². The molecule has 0 heterocycles. The van der Waals surface area contributed by atoms with Crippen LogP contribution in [0.3, 0.4) is 0 Å². The number of para-hydroxylation sites is 1. The first-order chi connectivity index (χ1) is 12.5. The zero-order chi connectivity index (χ0) is 18.9. The molecular weight excluding hydrogens is 340 g/mol. The van der Waals surface area contributed by atoms with E-state index in [0.29, 0.717) is 31.2 Å². The summed E-state index contributed by atoms with van der Waals surface area (Å²) >= 11 is 0. The van der Waals surface area contributed by atoms with Gasteiger partial charge in [-0.15, -0.1) is 0 Å². The van der Waals surface area contributed by atoms with E-state index in [-0.39, 0.29) is 17.9 Å². The van der Waals surface area contributed by atoms with Gasteiger partial charge in [0.15, 0.2) is 17.5 Å². The molecule has 7 heteroatoms. The number of benzene rings is 2. The smallest absolute Gasteiger partial charge is 0.191 e. The third kappa shape index (κ3) is 5.34. The summed E-state index contributed by atoms with van der Waals surface area (Å²) in [4.78, 5) is 4.27. The van der Waals surface area contributed by atoms with Gasteiger partial charge in [-0.05, 0) is 43.2 Å². The predicted octanol–water partition coefficient (Wildman–Crippen LogP) is 2.98. The molecule has 5 nitrogen and oxygen atoms in total. The molecule has 2 aromatic rings. The first kappa shape index (κ1) is 19.5. The van der Waals surface area contributed by atoms with Gasteiger partial charge in [-0.1, -0.05) is 12.1 Å². The molecule has 0 bridgehead atoms. The van der Waals surface area contributed by atoms with Crippen molar-refractivity contribution in [1.29, 1.82) is 0 Å². The molecule has 0 aromatic heterocycles. The van der Waals surface area contributed by atoms with Crippen LogP contribution in [0.4, 0.5) is 8.78 Å². The van der Waals surface area contributed by atoms with Gasteiger partial charge in [0, 0.05) is 18.7 Å². The second kappa shape index (κ2) is 9.60.